The number of hydrogen-bond donors (Lipinski definition) is 2. The van der Waals surface area contributed by atoms with Gasteiger partial charge in [0.25, 0.3) is 0 Å². The lowest BCUT2D eigenvalue weighted by atomic mass is 10.0. The van der Waals surface area contributed by atoms with Gasteiger partial charge in [0, 0.05) is 28.0 Å². The van der Waals surface area contributed by atoms with E-state index in [1.165, 1.54) is 18.1 Å². The third kappa shape index (κ3) is 5.23. The third-order valence-electron chi connectivity index (χ3n) is 4.73. The topological polar surface area (TPSA) is 71.2 Å². The lowest BCUT2D eigenvalue weighted by molar-refractivity contribution is -0.141. The Morgan fingerprint density at radius 2 is 1.89 bits per heavy atom. The number of aromatic amines is 1. The summed E-state index contributed by atoms with van der Waals surface area (Å²) in [5.41, 5.74) is 3.19. The lowest BCUT2D eigenvalue weighted by Crippen LogP contribution is -2.30. The number of carbonyl (C=O) groups is 2. The molecule has 1 aromatic heterocycles. The highest BCUT2D eigenvalue weighted by atomic mass is 79.9. The molecule has 0 aliphatic rings. The number of ether oxygens (including phenoxy) is 1. The van der Waals surface area contributed by atoms with Gasteiger partial charge >= 0.3 is 5.97 Å². The van der Waals surface area contributed by atoms with Crippen molar-refractivity contribution in [3.63, 3.8) is 0 Å². The summed E-state index contributed by atoms with van der Waals surface area (Å²) in [4.78, 5) is 27.5. The number of aryl methyl sites for hydroxylation is 1. The Hall–Kier alpha value is -2.60. The molecule has 1 unspecified atom stereocenters. The monoisotopic (exact) mass is 442 g/mol. The summed E-state index contributed by atoms with van der Waals surface area (Å²) >= 11 is 3.40. The average molecular weight is 443 g/mol. The fraction of sp³-hybridized carbons (Fsp3) is 0.273. The van der Waals surface area contributed by atoms with Crippen molar-refractivity contribution in [2.24, 2.45) is 0 Å². The van der Waals surface area contributed by atoms with Crippen LogP contribution in [0.1, 0.15) is 36.4 Å². The van der Waals surface area contributed by atoms with Crippen LogP contribution >= 0.6 is 15.9 Å². The molecule has 0 bridgehead atoms. The van der Waals surface area contributed by atoms with Gasteiger partial charge in [-0.1, -0.05) is 46.3 Å². The van der Waals surface area contributed by atoms with Gasteiger partial charge in [0.1, 0.15) is 0 Å². The van der Waals surface area contributed by atoms with Crippen molar-refractivity contribution in [3.8, 4) is 0 Å². The molecule has 0 aliphatic carbocycles. The van der Waals surface area contributed by atoms with Gasteiger partial charge in [0.2, 0.25) is 5.91 Å². The maximum atomic E-state index is 12.5. The van der Waals surface area contributed by atoms with Gasteiger partial charge in [-0.15, -0.1) is 0 Å². The summed E-state index contributed by atoms with van der Waals surface area (Å²) in [5.74, 6) is -0.427. The van der Waals surface area contributed by atoms with Gasteiger partial charge < -0.3 is 15.0 Å². The largest absolute Gasteiger partial charge is 0.469 e. The molecule has 28 heavy (non-hydrogen) atoms. The zero-order chi connectivity index (χ0) is 19.9. The molecule has 0 saturated heterocycles. The highest BCUT2D eigenvalue weighted by Crippen LogP contribution is 2.22. The molecular weight excluding hydrogens is 420 g/mol. The standard InChI is InChI=1S/C22H23BrN2O3/c1-28-22(27)13-20(15-9-11-17(23)12-10-15)25-21(26)8-4-5-16-14-24-19-7-3-2-6-18(16)19/h2-3,6-7,9-12,14,20,24H,4-5,8,13H2,1H3,(H,25,26). The molecule has 5 nitrogen and oxygen atoms in total. The Labute approximate surface area is 172 Å². The van der Waals surface area contributed by atoms with Crippen molar-refractivity contribution >= 4 is 38.7 Å². The molecule has 3 aromatic rings. The lowest BCUT2D eigenvalue weighted by Gasteiger charge is -2.18. The molecule has 2 aromatic carbocycles. The predicted molar refractivity (Wildman–Crippen MR) is 113 cm³/mol. The molecule has 146 valence electrons. The van der Waals surface area contributed by atoms with Gasteiger partial charge in [0.15, 0.2) is 0 Å². The summed E-state index contributed by atoms with van der Waals surface area (Å²) in [6, 6.07) is 15.3. The minimum Gasteiger partial charge on any atom is -0.469 e. The molecule has 0 fully saturated rings. The number of carbonyl (C=O) groups excluding carboxylic acids is 2. The second kappa shape index (κ2) is 9.55. The van der Waals surface area contributed by atoms with Crippen molar-refractivity contribution in [1.29, 1.82) is 0 Å². The normalized spacial score (nSPS) is 11.9. The molecule has 1 heterocycles. The summed E-state index contributed by atoms with van der Waals surface area (Å²) in [6.45, 7) is 0. The number of para-hydroxylation sites is 1. The molecule has 3 rings (SSSR count). The molecule has 1 atom stereocenters. The summed E-state index contributed by atoms with van der Waals surface area (Å²) in [6.07, 6.45) is 4.06. The Morgan fingerprint density at radius 3 is 2.64 bits per heavy atom. The van der Waals surface area contributed by atoms with E-state index in [-0.39, 0.29) is 18.3 Å². The number of amides is 1. The SMILES string of the molecule is COC(=O)CC(NC(=O)CCCc1c[nH]c2ccccc12)c1ccc(Br)cc1. The number of aromatic nitrogens is 1. The number of halogens is 1. The number of benzene rings is 2. The van der Waals surface area contributed by atoms with Crippen LogP contribution in [0.4, 0.5) is 0 Å². The van der Waals surface area contributed by atoms with E-state index in [1.54, 1.807) is 0 Å². The third-order valence-corrected chi connectivity index (χ3v) is 5.26. The smallest absolute Gasteiger partial charge is 0.307 e. The van der Waals surface area contributed by atoms with E-state index in [4.69, 9.17) is 4.74 Å². The van der Waals surface area contributed by atoms with Gasteiger partial charge in [-0.05, 0) is 42.2 Å². The first-order valence-corrected chi connectivity index (χ1v) is 10.0. The van der Waals surface area contributed by atoms with Gasteiger partial charge in [-0.3, -0.25) is 9.59 Å². The summed E-state index contributed by atoms with van der Waals surface area (Å²) in [7, 11) is 1.35. The van der Waals surface area contributed by atoms with Gasteiger partial charge in [-0.25, -0.2) is 0 Å². The number of H-pyrrole nitrogens is 1. The molecule has 0 radical (unpaired) electrons. The van der Waals surface area contributed by atoms with E-state index in [1.807, 2.05) is 48.7 Å². The molecule has 1 amide bonds. The minimum absolute atomic E-state index is 0.0725. The molecule has 0 aliphatic heterocycles. The van der Waals surface area contributed by atoms with Crippen LogP contribution in [0.3, 0.4) is 0 Å². The first-order chi connectivity index (χ1) is 13.6. The van der Waals surface area contributed by atoms with Crippen LogP contribution in [0.5, 0.6) is 0 Å². The van der Waals surface area contributed by atoms with Crippen molar-refractivity contribution < 1.29 is 14.3 Å². The van der Waals surface area contributed by atoms with Crippen LogP contribution in [0.2, 0.25) is 0 Å². The Balaban J connectivity index is 1.58. The zero-order valence-electron chi connectivity index (χ0n) is 15.7. The van der Waals surface area contributed by atoms with E-state index in [9.17, 15) is 9.59 Å². The maximum absolute atomic E-state index is 12.5. The van der Waals surface area contributed by atoms with Gasteiger partial charge in [-0.2, -0.15) is 0 Å². The van der Waals surface area contributed by atoms with Crippen LogP contribution < -0.4 is 5.32 Å². The van der Waals surface area contributed by atoms with E-state index < -0.39 is 6.04 Å². The fourth-order valence-electron chi connectivity index (χ4n) is 3.24. The second-order valence-corrected chi connectivity index (χ2v) is 7.58. The number of rotatable bonds is 8. The van der Waals surface area contributed by atoms with Crippen molar-refractivity contribution in [3.05, 3.63) is 70.3 Å². The highest BCUT2D eigenvalue weighted by Gasteiger charge is 2.19. The Morgan fingerprint density at radius 1 is 1.14 bits per heavy atom. The van der Waals surface area contributed by atoms with Crippen LogP contribution in [-0.4, -0.2) is 24.0 Å². The summed E-state index contributed by atoms with van der Waals surface area (Å²) in [5, 5.41) is 4.17. The van der Waals surface area contributed by atoms with Crippen LogP contribution in [0, 0.1) is 0 Å². The molecule has 6 heteroatoms. The molecular formula is C22H23BrN2O3. The van der Waals surface area contributed by atoms with Crippen LogP contribution in [-0.2, 0) is 20.7 Å². The highest BCUT2D eigenvalue weighted by molar-refractivity contribution is 9.10. The number of nitrogens with one attached hydrogen (secondary N) is 2. The maximum Gasteiger partial charge on any atom is 0.307 e. The first kappa shape index (κ1) is 20.1. The zero-order valence-corrected chi connectivity index (χ0v) is 17.3. The van der Waals surface area contributed by atoms with Crippen molar-refractivity contribution in [1.82, 2.24) is 10.3 Å². The van der Waals surface area contributed by atoms with E-state index >= 15 is 0 Å². The average Bonchev–Trinajstić information content (AvgIpc) is 3.11. The number of hydrogen-bond acceptors (Lipinski definition) is 3. The Bertz CT molecular complexity index is 950. The van der Waals surface area contributed by atoms with E-state index in [2.05, 4.69) is 32.3 Å². The molecule has 0 saturated carbocycles. The van der Waals surface area contributed by atoms with E-state index in [0.717, 1.165) is 28.4 Å². The van der Waals surface area contributed by atoms with Crippen molar-refractivity contribution in [2.75, 3.05) is 7.11 Å². The first-order valence-electron chi connectivity index (χ1n) is 9.23. The summed E-state index contributed by atoms with van der Waals surface area (Å²) < 4.78 is 5.72. The molecule has 0 spiro atoms. The fourth-order valence-corrected chi connectivity index (χ4v) is 3.51. The van der Waals surface area contributed by atoms with Crippen molar-refractivity contribution in [2.45, 2.75) is 31.7 Å². The second-order valence-electron chi connectivity index (χ2n) is 6.66. The van der Waals surface area contributed by atoms with Crippen LogP contribution in [0.25, 0.3) is 10.9 Å². The van der Waals surface area contributed by atoms with Crippen LogP contribution in [0.15, 0.2) is 59.2 Å². The van der Waals surface area contributed by atoms with E-state index in [0.29, 0.717) is 6.42 Å². The number of methoxy groups -OCH3 is 1. The number of esters is 1. The quantitative estimate of drug-likeness (QED) is 0.497. The Kier molecular flexibility index (Phi) is 6.87. The minimum atomic E-state index is -0.402. The predicted octanol–water partition coefficient (Wildman–Crippen LogP) is 4.67. The van der Waals surface area contributed by atoms with Gasteiger partial charge in [0.05, 0.1) is 19.6 Å². The number of fused-ring (bicyclic) bond motifs is 1. The molecule has 2 N–H and O–H groups in total.